The Labute approximate surface area is 233 Å². The second kappa shape index (κ2) is 12.2. The van der Waals surface area contributed by atoms with E-state index in [0.717, 1.165) is 25.2 Å². The molecule has 39 heavy (non-hydrogen) atoms. The summed E-state index contributed by atoms with van der Waals surface area (Å²) in [6.45, 7) is 6.50. The molecule has 3 saturated heterocycles. The van der Waals surface area contributed by atoms with Crippen LogP contribution in [0.25, 0.3) is 0 Å². The molecule has 0 spiro atoms. The van der Waals surface area contributed by atoms with Crippen LogP contribution in [0.3, 0.4) is 0 Å². The van der Waals surface area contributed by atoms with Crippen molar-refractivity contribution in [2.24, 2.45) is 5.73 Å². The number of carbonyl (C=O) groups excluding carboxylic acids is 5. The molecule has 4 aliphatic heterocycles. The third-order valence-electron chi connectivity index (χ3n) is 7.70. The number of anilines is 1. The fourth-order valence-electron chi connectivity index (χ4n) is 5.50. The third kappa shape index (κ3) is 6.10. The van der Waals surface area contributed by atoms with Gasteiger partial charge < -0.3 is 30.7 Å². The maximum absolute atomic E-state index is 12.9. The van der Waals surface area contributed by atoms with Gasteiger partial charge in [-0.3, -0.25) is 24.6 Å². The van der Waals surface area contributed by atoms with Crippen molar-refractivity contribution < 1.29 is 24.0 Å². The summed E-state index contributed by atoms with van der Waals surface area (Å²) in [6, 6.07) is 4.15. The van der Waals surface area contributed by atoms with Crippen molar-refractivity contribution in [3.05, 3.63) is 29.3 Å². The van der Waals surface area contributed by atoms with E-state index in [2.05, 4.69) is 15.5 Å². The summed E-state index contributed by atoms with van der Waals surface area (Å²) in [4.78, 5) is 71.5. The standard InChI is InChI=1S/C25H34N8O5.ClH/c26-5-6-29-7-9-31(10-8-29)25(38)32-13-11-30(12-14-32)24(37)27-18-1-2-19-17(15-18)16-33(23(19)36)20-3-4-21(34)28-22(20)35;/h1-2,15,20H,3-14,16,26H2,(H,27,37)(H,28,34,35);1H. The Morgan fingerprint density at radius 3 is 2.23 bits per heavy atom. The topological polar surface area (TPSA) is 152 Å². The minimum atomic E-state index is -0.681. The van der Waals surface area contributed by atoms with Crippen LogP contribution in [-0.2, 0) is 16.1 Å². The summed E-state index contributed by atoms with van der Waals surface area (Å²) in [7, 11) is 0. The molecule has 212 valence electrons. The second-order valence-corrected chi connectivity index (χ2v) is 10.1. The van der Waals surface area contributed by atoms with E-state index >= 15 is 0 Å². The Morgan fingerprint density at radius 1 is 0.949 bits per heavy atom. The molecule has 1 aromatic carbocycles. The van der Waals surface area contributed by atoms with Gasteiger partial charge >= 0.3 is 12.1 Å². The van der Waals surface area contributed by atoms with Gasteiger partial charge in [-0.15, -0.1) is 12.4 Å². The third-order valence-corrected chi connectivity index (χ3v) is 7.70. The fourth-order valence-corrected chi connectivity index (χ4v) is 5.50. The number of nitrogens with two attached hydrogens (primary N) is 1. The van der Waals surface area contributed by atoms with Crippen LogP contribution in [-0.4, -0.2) is 126 Å². The Hall–Kier alpha value is -3.42. The number of nitrogens with one attached hydrogen (secondary N) is 2. The predicted molar refractivity (Wildman–Crippen MR) is 144 cm³/mol. The minimum absolute atomic E-state index is 0. The lowest BCUT2D eigenvalue weighted by molar-refractivity contribution is -0.136. The summed E-state index contributed by atoms with van der Waals surface area (Å²) < 4.78 is 0. The molecule has 3 fully saturated rings. The molecular weight excluding hydrogens is 528 g/mol. The highest BCUT2D eigenvalue weighted by Crippen LogP contribution is 2.29. The summed E-state index contributed by atoms with van der Waals surface area (Å²) in [5.41, 5.74) is 7.39. The summed E-state index contributed by atoms with van der Waals surface area (Å²) in [6.07, 6.45) is 0.495. The lowest BCUT2D eigenvalue weighted by Gasteiger charge is -2.40. The van der Waals surface area contributed by atoms with Gasteiger partial charge in [0.1, 0.15) is 6.04 Å². The van der Waals surface area contributed by atoms with E-state index in [-0.39, 0.29) is 49.2 Å². The summed E-state index contributed by atoms with van der Waals surface area (Å²) >= 11 is 0. The molecule has 0 bridgehead atoms. The number of piperidine rings is 1. The molecule has 0 aliphatic carbocycles. The number of halogens is 1. The number of amides is 7. The van der Waals surface area contributed by atoms with Crippen molar-refractivity contribution in [3.8, 4) is 0 Å². The molecule has 4 heterocycles. The van der Waals surface area contributed by atoms with E-state index in [0.29, 0.717) is 63.5 Å². The van der Waals surface area contributed by atoms with Gasteiger partial charge in [0.2, 0.25) is 11.8 Å². The highest BCUT2D eigenvalue weighted by Gasteiger charge is 2.39. The molecule has 0 saturated carbocycles. The molecular formula is C25H35ClN8O5. The minimum Gasteiger partial charge on any atom is -0.329 e. The van der Waals surface area contributed by atoms with Crippen molar-refractivity contribution in [2.75, 3.05) is 70.8 Å². The van der Waals surface area contributed by atoms with Gasteiger partial charge in [-0.25, -0.2) is 9.59 Å². The largest absolute Gasteiger partial charge is 0.329 e. The van der Waals surface area contributed by atoms with Crippen LogP contribution in [0.5, 0.6) is 0 Å². The quantitative estimate of drug-likeness (QED) is 0.427. The van der Waals surface area contributed by atoms with Crippen molar-refractivity contribution >= 4 is 47.9 Å². The number of rotatable bonds is 4. The first-order valence-corrected chi connectivity index (χ1v) is 13.1. The van der Waals surface area contributed by atoms with Crippen molar-refractivity contribution in [2.45, 2.75) is 25.4 Å². The number of hydrogen-bond donors (Lipinski definition) is 3. The van der Waals surface area contributed by atoms with E-state index in [1.54, 1.807) is 28.0 Å². The number of piperazine rings is 2. The molecule has 0 aromatic heterocycles. The normalized spacial score (nSPS) is 21.9. The van der Waals surface area contributed by atoms with Crippen molar-refractivity contribution in [1.29, 1.82) is 0 Å². The number of fused-ring (bicyclic) bond motifs is 1. The zero-order valence-electron chi connectivity index (χ0n) is 21.8. The van der Waals surface area contributed by atoms with E-state index in [9.17, 15) is 24.0 Å². The molecule has 4 N–H and O–H groups in total. The van der Waals surface area contributed by atoms with Crippen LogP contribution in [0.2, 0.25) is 0 Å². The van der Waals surface area contributed by atoms with Gasteiger partial charge in [-0.2, -0.15) is 0 Å². The Balaban J connectivity index is 0.00000353. The molecule has 5 rings (SSSR count). The number of urea groups is 2. The molecule has 1 aromatic rings. The number of hydrogen-bond acceptors (Lipinski definition) is 7. The maximum Gasteiger partial charge on any atom is 0.321 e. The Kier molecular flexibility index (Phi) is 8.93. The second-order valence-electron chi connectivity index (χ2n) is 10.1. The predicted octanol–water partition coefficient (Wildman–Crippen LogP) is -0.285. The van der Waals surface area contributed by atoms with Gasteiger partial charge in [-0.1, -0.05) is 0 Å². The molecule has 0 radical (unpaired) electrons. The lowest BCUT2D eigenvalue weighted by atomic mass is 10.0. The summed E-state index contributed by atoms with van der Waals surface area (Å²) in [5.74, 6) is -1.04. The Bertz CT molecular complexity index is 1130. The van der Waals surface area contributed by atoms with Crippen LogP contribution < -0.4 is 16.4 Å². The molecule has 4 aliphatic rings. The van der Waals surface area contributed by atoms with E-state index < -0.39 is 11.9 Å². The van der Waals surface area contributed by atoms with Gasteiger partial charge in [0.15, 0.2) is 0 Å². The van der Waals surface area contributed by atoms with E-state index in [1.807, 2.05) is 4.90 Å². The van der Waals surface area contributed by atoms with Gasteiger partial charge in [0, 0.05) is 89.7 Å². The average molecular weight is 563 g/mol. The van der Waals surface area contributed by atoms with Crippen molar-refractivity contribution in [1.82, 2.24) is 29.8 Å². The monoisotopic (exact) mass is 562 g/mol. The lowest BCUT2D eigenvalue weighted by Crippen LogP contribution is -2.58. The van der Waals surface area contributed by atoms with E-state index in [4.69, 9.17) is 5.73 Å². The SMILES string of the molecule is Cl.NCCN1CCN(C(=O)N2CCN(C(=O)Nc3ccc4c(c3)CN(C3CCC(=O)NC3=O)C4=O)CC2)CC1. The zero-order chi connectivity index (χ0) is 26.8. The van der Waals surface area contributed by atoms with Crippen molar-refractivity contribution in [3.63, 3.8) is 0 Å². The number of nitrogens with zero attached hydrogens (tertiary/aromatic N) is 5. The zero-order valence-corrected chi connectivity index (χ0v) is 22.6. The smallest absolute Gasteiger partial charge is 0.321 e. The van der Waals surface area contributed by atoms with Gasteiger partial charge in [0.25, 0.3) is 5.91 Å². The molecule has 1 unspecified atom stereocenters. The molecule has 13 nitrogen and oxygen atoms in total. The average Bonchev–Trinajstić information content (AvgIpc) is 3.24. The van der Waals surface area contributed by atoms with Crippen LogP contribution in [0.4, 0.5) is 15.3 Å². The van der Waals surface area contributed by atoms with Gasteiger partial charge in [-0.05, 0) is 30.2 Å². The molecule has 14 heteroatoms. The number of carbonyl (C=O) groups is 5. The number of benzene rings is 1. The van der Waals surface area contributed by atoms with Crippen LogP contribution in [0.15, 0.2) is 18.2 Å². The highest BCUT2D eigenvalue weighted by molar-refractivity contribution is 6.05. The first-order chi connectivity index (χ1) is 18.3. The molecule has 1 atom stereocenters. The van der Waals surface area contributed by atoms with Crippen LogP contribution in [0.1, 0.15) is 28.8 Å². The Morgan fingerprint density at radius 2 is 1.59 bits per heavy atom. The van der Waals surface area contributed by atoms with Crippen LogP contribution >= 0.6 is 12.4 Å². The van der Waals surface area contributed by atoms with Crippen LogP contribution in [0, 0.1) is 0 Å². The maximum atomic E-state index is 12.9. The van der Waals surface area contributed by atoms with E-state index in [1.165, 1.54) is 4.90 Å². The van der Waals surface area contributed by atoms with Gasteiger partial charge in [0.05, 0.1) is 0 Å². The highest BCUT2D eigenvalue weighted by atomic mass is 35.5. The summed E-state index contributed by atoms with van der Waals surface area (Å²) in [5, 5.41) is 5.19. The fraction of sp³-hybridized carbons (Fsp3) is 0.560. The first-order valence-electron chi connectivity index (χ1n) is 13.1. The number of imide groups is 1. The molecule has 7 amide bonds. The first kappa shape index (κ1) is 28.6.